The maximum atomic E-state index is 12.6. The van der Waals surface area contributed by atoms with Crippen LogP contribution in [0.4, 0.5) is 11.4 Å². The number of hydrogen-bond acceptors (Lipinski definition) is 8. The van der Waals surface area contributed by atoms with Crippen molar-refractivity contribution in [3.63, 3.8) is 0 Å². The standard InChI is InChI=1S/C31H32N4O4S/c1-3-5-25(20-14-23(37-2)19-32-18-20)33-21-8-9-27-29(15-21)40-28-7-4-6-24(31(28)39-27)26-16-22(17-30(36)34-26)35-10-12-38-13-11-35/h4,6-9,14-19,25,33H,3,5,10-13H2,1-2H3,(H,34,36). The Kier molecular flexibility index (Phi) is 7.66. The number of anilines is 2. The molecule has 4 heterocycles. The molecule has 2 aliphatic rings. The summed E-state index contributed by atoms with van der Waals surface area (Å²) < 4.78 is 17.4. The third-order valence-electron chi connectivity index (χ3n) is 7.14. The van der Waals surface area contributed by atoms with E-state index in [2.05, 4.69) is 39.2 Å². The zero-order valence-corrected chi connectivity index (χ0v) is 23.4. The van der Waals surface area contributed by atoms with Crippen LogP contribution < -0.4 is 25.2 Å². The molecule has 1 saturated heterocycles. The maximum absolute atomic E-state index is 12.6. The van der Waals surface area contributed by atoms with Crippen LogP contribution in [0.15, 0.2) is 81.6 Å². The minimum Gasteiger partial charge on any atom is -0.495 e. The smallest absolute Gasteiger partial charge is 0.250 e. The highest BCUT2D eigenvalue weighted by Crippen LogP contribution is 2.51. The molecular weight excluding hydrogens is 524 g/mol. The van der Waals surface area contributed by atoms with Crippen molar-refractivity contribution in [1.82, 2.24) is 9.97 Å². The average molecular weight is 557 g/mol. The predicted molar refractivity (Wildman–Crippen MR) is 158 cm³/mol. The van der Waals surface area contributed by atoms with Crippen molar-refractivity contribution in [1.29, 1.82) is 0 Å². The first-order chi connectivity index (χ1) is 19.6. The van der Waals surface area contributed by atoms with Gasteiger partial charge in [0.25, 0.3) is 0 Å². The van der Waals surface area contributed by atoms with Gasteiger partial charge in [0.05, 0.1) is 48.0 Å². The highest BCUT2D eigenvalue weighted by atomic mass is 32.2. The second-order valence-electron chi connectivity index (χ2n) is 9.86. The van der Waals surface area contributed by atoms with Gasteiger partial charge in [-0.3, -0.25) is 9.78 Å². The van der Waals surface area contributed by atoms with E-state index in [4.69, 9.17) is 14.2 Å². The number of fused-ring (bicyclic) bond motifs is 2. The monoisotopic (exact) mass is 556 g/mol. The van der Waals surface area contributed by atoms with E-state index >= 15 is 0 Å². The molecule has 8 nitrogen and oxygen atoms in total. The molecule has 0 aliphatic carbocycles. The third-order valence-corrected chi connectivity index (χ3v) is 8.22. The largest absolute Gasteiger partial charge is 0.495 e. The van der Waals surface area contributed by atoms with Gasteiger partial charge < -0.3 is 29.4 Å². The number of H-pyrrole nitrogens is 1. The molecule has 0 spiro atoms. The number of para-hydroxylation sites is 1. The van der Waals surface area contributed by atoms with E-state index in [0.29, 0.717) is 13.2 Å². The number of rotatable bonds is 8. The summed E-state index contributed by atoms with van der Waals surface area (Å²) in [4.78, 5) is 24.2. The molecule has 0 saturated carbocycles. The number of aromatic nitrogens is 2. The van der Waals surface area contributed by atoms with Crippen LogP contribution >= 0.6 is 11.8 Å². The van der Waals surface area contributed by atoms with Gasteiger partial charge in [0.15, 0.2) is 5.75 Å². The van der Waals surface area contributed by atoms with Gasteiger partial charge in [-0.1, -0.05) is 31.2 Å². The van der Waals surface area contributed by atoms with E-state index in [1.165, 1.54) is 0 Å². The highest BCUT2D eigenvalue weighted by molar-refractivity contribution is 7.99. The van der Waals surface area contributed by atoms with Gasteiger partial charge in [0, 0.05) is 42.3 Å². The Bertz CT molecular complexity index is 1570. The van der Waals surface area contributed by atoms with E-state index in [1.807, 2.05) is 42.6 Å². The van der Waals surface area contributed by atoms with E-state index in [9.17, 15) is 4.79 Å². The molecule has 0 bridgehead atoms. The number of methoxy groups -OCH3 is 1. The van der Waals surface area contributed by atoms with Crippen LogP contribution in [0.2, 0.25) is 0 Å². The summed E-state index contributed by atoms with van der Waals surface area (Å²) in [5, 5.41) is 3.68. The topological polar surface area (TPSA) is 88.7 Å². The number of aromatic amines is 1. The molecule has 0 radical (unpaired) electrons. The Morgan fingerprint density at radius 3 is 2.80 bits per heavy atom. The average Bonchev–Trinajstić information content (AvgIpc) is 2.99. The normalized spacial score (nSPS) is 15.0. The predicted octanol–water partition coefficient (Wildman–Crippen LogP) is 6.49. The molecule has 1 atom stereocenters. The van der Waals surface area contributed by atoms with Gasteiger partial charge in [0.1, 0.15) is 11.5 Å². The number of morpholine rings is 1. The van der Waals surface area contributed by atoms with Gasteiger partial charge in [-0.15, -0.1) is 0 Å². The molecule has 40 heavy (non-hydrogen) atoms. The van der Waals surface area contributed by atoms with Crippen LogP contribution in [0.3, 0.4) is 0 Å². The van der Waals surface area contributed by atoms with Gasteiger partial charge in [-0.2, -0.15) is 0 Å². The van der Waals surface area contributed by atoms with Crippen LogP contribution in [0.25, 0.3) is 11.3 Å². The van der Waals surface area contributed by atoms with Crippen molar-refractivity contribution in [2.45, 2.75) is 35.6 Å². The quantitative estimate of drug-likeness (QED) is 0.224. The summed E-state index contributed by atoms with van der Waals surface area (Å²) in [6, 6.07) is 18.1. The lowest BCUT2D eigenvalue weighted by Crippen LogP contribution is -2.36. The molecule has 6 rings (SSSR count). The van der Waals surface area contributed by atoms with Crippen molar-refractivity contribution in [2.24, 2.45) is 0 Å². The number of hydrogen-bond donors (Lipinski definition) is 2. The second kappa shape index (κ2) is 11.7. The lowest BCUT2D eigenvalue weighted by molar-refractivity contribution is 0.122. The van der Waals surface area contributed by atoms with Gasteiger partial charge in [-0.25, -0.2) is 0 Å². The van der Waals surface area contributed by atoms with Crippen molar-refractivity contribution < 1.29 is 14.2 Å². The van der Waals surface area contributed by atoms with Crippen molar-refractivity contribution >= 4 is 23.1 Å². The molecule has 2 aromatic heterocycles. The molecule has 2 aliphatic heterocycles. The van der Waals surface area contributed by atoms with Crippen molar-refractivity contribution in [3.05, 3.63) is 82.9 Å². The molecule has 1 fully saturated rings. The van der Waals surface area contributed by atoms with Crippen LogP contribution in [0.1, 0.15) is 31.4 Å². The van der Waals surface area contributed by atoms with E-state index < -0.39 is 0 Å². The summed E-state index contributed by atoms with van der Waals surface area (Å²) in [7, 11) is 1.66. The van der Waals surface area contributed by atoms with E-state index in [1.54, 1.807) is 31.1 Å². The van der Waals surface area contributed by atoms with E-state index in [0.717, 1.165) is 81.2 Å². The zero-order valence-electron chi connectivity index (χ0n) is 22.6. The van der Waals surface area contributed by atoms with Gasteiger partial charge >= 0.3 is 0 Å². The zero-order chi connectivity index (χ0) is 27.5. The lowest BCUT2D eigenvalue weighted by Gasteiger charge is -2.29. The fraction of sp³-hybridized carbons (Fsp3) is 0.290. The Balaban J connectivity index is 1.27. The fourth-order valence-electron chi connectivity index (χ4n) is 5.13. The third kappa shape index (κ3) is 5.52. The second-order valence-corrected chi connectivity index (χ2v) is 10.9. The SMILES string of the molecule is CCCC(Nc1ccc2c(c1)Sc1cccc(-c3cc(N4CCOCC4)cc(=O)[nH]3)c1O2)c1cncc(OC)c1. The van der Waals surface area contributed by atoms with Crippen LogP contribution in [-0.4, -0.2) is 43.4 Å². The van der Waals surface area contributed by atoms with Crippen LogP contribution in [0, 0.1) is 0 Å². The lowest BCUT2D eigenvalue weighted by atomic mass is 10.0. The first-order valence-corrected chi connectivity index (χ1v) is 14.4. The molecule has 2 N–H and O–H groups in total. The first kappa shape index (κ1) is 26.3. The van der Waals surface area contributed by atoms with Gasteiger partial charge in [-0.05, 0) is 54.4 Å². The maximum Gasteiger partial charge on any atom is 0.250 e. The summed E-state index contributed by atoms with van der Waals surface area (Å²) in [5.74, 6) is 2.29. The molecule has 0 amide bonds. The Hall–Kier alpha value is -3.95. The molecular formula is C31H32N4O4S. The number of pyridine rings is 2. The van der Waals surface area contributed by atoms with Crippen molar-refractivity contribution in [3.8, 4) is 28.5 Å². The molecule has 9 heteroatoms. The Morgan fingerprint density at radius 2 is 1.98 bits per heavy atom. The number of nitrogens with one attached hydrogen (secondary N) is 2. The molecule has 2 aromatic carbocycles. The number of ether oxygens (including phenoxy) is 3. The Morgan fingerprint density at radius 1 is 1.10 bits per heavy atom. The summed E-state index contributed by atoms with van der Waals surface area (Å²) in [6.07, 6.45) is 5.61. The molecule has 1 unspecified atom stereocenters. The minimum absolute atomic E-state index is 0.106. The minimum atomic E-state index is -0.135. The fourth-order valence-corrected chi connectivity index (χ4v) is 6.16. The summed E-state index contributed by atoms with van der Waals surface area (Å²) in [6.45, 7) is 5.02. The molecule has 206 valence electrons. The van der Waals surface area contributed by atoms with Gasteiger partial charge in [0.2, 0.25) is 5.56 Å². The highest BCUT2D eigenvalue weighted by Gasteiger charge is 2.24. The number of nitrogens with zero attached hydrogens (tertiary/aromatic N) is 2. The van der Waals surface area contributed by atoms with E-state index in [-0.39, 0.29) is 11.6 Å². The molecule has 4 aromatic rings. The van der Waals surface area contributed by atoms with Crippen LogP contribution in [0.5, 0.6) is 17.2 Å². The summed E-state index contributed by atoms with van der Waals surface area (Å²) >= 11 is 1.67. The first-order valence-electron chi connectivity index (χ1n) is 13.6. The van der Waals surface area contributed by atoms with Crippen molar-refractivity contribution in [2.75, 3.05) is 43.6 Å². The number of benzene rings is 2. The Labute approximate surface area is 237 Å². The van der Waals surface area contributed by atoms with Crippen LogP contribution in [-0.2, 0) is 4.74 Å². The summed E-state index contributed by atoms with van der Waals surface area (Å²) in [5.41, 5.74) is 4.46.